The van der Waals surface area contributed by atoms with Gasteiger partial charge in [0.05, 0.1) is 11.5 Å². The maximum absolute atomic E-state index is 12.0. The highest BCUT2D eigenvalue weighted by Gasteiger charge is 2.18. The predicted octanol–water partition coefficient (Wildman–Crippen LogP) is 1.81. The Morgan fingerprint density at radius 2 is 2.00 bits per heavy atom. The third kappa shape index (κ3) is 3.68. The third-order valence-electron chi connectivity index (χ3n) is 2.50. The van der Waals surface area contributed by atoms with Crippen LogP contribution in [0, 0.1) is 6.92 Å². The molecule has 7 heteroatoms. The SMILES string of the molecule is CCOC(=O)Nc1cc(S(=O)(=O)N(C)C)ccc1C. The molecule has 6 nitrogen and oxygen atoms in total. The van der Waals surface area contributed by atoms with Crippen LogP contribution in [0.3, 0.4) is 0 Å². The van der Waals surface area contributed by atoms with Crippen molar-refractivity contribution in [3.8, 4) is 0 Å². The maximum atomic E-state index is 12.0. The number of amides is 1. The fourth-order valence-electron chi connectivity index (χ4n) is 1.38. The summed E-state index contributed by atoms with van der Waals surface area (Å²) >= 11 is 0. The number of nitrogens with zero attached hydrogens (tertiary/aromatic N) is 1. The van der Waals surface area contributed by atoms with Crippen LogP contribution in [0.1, 0.15) is 12.5 Å². The van der Waals surface area contributed by atoms with E-state index < -0.39 is 16.1 Å². The Morgan fingerprint density at radius 3 is 2.53 bits per heavy atom. The molecule has 0 fully saturated rings. The second-order valence-electron chi connectivity index (χ2n) is 4.11. The van der Waals surface area contributed by atoms with Crippen molar-refractivity contribution in [1.82, 2.24) is 4.31 Å². The minimum Gasteiger partial charge on any atom is -0.450 e. The number of anilines is 1. The zero-order valence-electron chi connectivity index (χ0n) is 11.4. The number of benzene rings is 1. The van der Waals surface area contributed by atoms with Crippen LogP contribution in [-0.2, 0) is 14.8 Å². The summed E-state index contributed by atoms with van der Waals surface area (Å²) < 4.78 is 29.9. The average molecular weight is 286 g/mol. The van der Waals surface area contributed by atoms with E-state index in [2.05, 4.69) is 5.32 Å². The number of aryl methyl sites for hydroxylation is 1. The molecule has 0 heterocycles. The van der Waals surface area contributed by atoms with E-state index in [-0.39, 0.29) is 11.5 Å². The smallest absolute Gasteiger partial charge is 0.411 e. The van der Waals surface area contributed by atoms with Crippen LogP contribution in [0.15, 0.2) is 23.1 Å². The zero-order valence-corrected chi connectivity index (χ0v) is 12.2. The van der Waals surface area contributed by atoms with Crippen LogP contribution >= 0.6 is 0 Å². The van der Waals surface area contributed by atoms with Gasteiger partial charge in [0, 0.05) is 19.8 Å². The Balaban J connectivity index is 3.11. The third-order valence-corrected chi connectivity index (χ3v) is 4.31. The summed E-state index contributed by atoms with van der Waals surface area (Å²) in [7, 11) is -0.619. The topological polar surface area (TPSA) is 75.7 Å². The van der Waals surface area contributed by atoms with Crippen molar-refractivity contribution in [3.05, 3.63) is 23.8 Å². The lowest BCUT2D eigenvalue weighted by Gasteiger charge is -2.14. The van der Waals surface area contributed by atoms with Crippen molar-refractivity contribution in [1.29, 1.82) is 0 Å². The Labute approximate surface area is 113 Å². The number of hydrogen-bond donors (Lipinski definition) is 1. The van der Waals surface area contributed by atoms with Crippen LogP contribution in [-0.4, -0.2) is 39.5 Å². The molecule has 0 spiro atoms. The van der Waals surface area contributed by atoms with E-state index in [1.807, 2.05) is 0 Å². The molecule has 0 saturated heterocycles. The molecule has 0 bridgehead atoms. The van der Waals surface area contributed by atoms with Crippen molar-refractivity contribution in [2.75, 3.05) is 26.0 Å². The molecule has 0 aliphatic rings. The summed E-state index contributed by atoms with van der Waals surface area (Å²) in [5.41, 5.74) is 1.17. The van der Waals surface area contributed by atoms with Gasteiger partial charge in [-0.3, -0.25) is 5.32 Å². The minimum atomic E-state index is -3.52. The lowest BCUT2D eigenvalue weighted by atomic mass is 10.2. The predicted molar refractivity (Wildman–Crippen MR) is 72.7 cm³/mol. The molecular formula is C12H18N2O4S. The van der Waals surface area contributed by atoms with Crippen molar-refractivity contribution in [2.45, 2.75) is 18.7 Å². The molecule has 0 unspecified atom stereocenters. The van der Waals surface area contributed by atoms with Gasteiger partial charge >= 0.3 is 6.09 Å². The molecule has 106 valence electrons. The van der Waals surface area contributed by atoms with Gasteiger partial charge in [-0.25, -0.2) is 17.5 Å². The Bertz CT molecular complexity index is 567. The number of ether oxygens (including phenoxy) is 1. The molecule has 0 aliphatic carbocycles. The van der Waals surface area contributed by atoms with Crippen molar-refractivity contribution >= 4 is 21.8 Å². The molecule has 0 saturated carbocycles. The van der Waals surface area contributed by atoms with Gasteiger partial charge in [0.15, 0.2) is 0 Å². The normalized spacial score (nSPS) is 11.4. The maximum Gasteiger partial charge on any atom is 0.411 e. The van der Waals surface area contributed by atoms with E-state index in [0.29, 0.717) is 5.69 Å². The van der Waals surface area contributed by atoms with Crippen molar-refractivity contribution in [2.24, 2.45) is 0 Å². The quantitative estimate of drug-likeness (QED) is 0.916. The van der Waals surface area contributed by atoms with Gasteiger partial charge in [-0.1, -0.05) is 6.07 Å². The first-order chi connectivity index (χ1) is 8.78. The second kappa shape index (κ2) is 6.03. The van der Waals surface area contributed by atoms with Gasteiger partial charge in [-0.05, 0) is 31.5 Å². The lowest BCUT2D eigenvalue weighted by Crippen LogP contribution is -2.22. The van der Waals surface area contributed by atoms with Crippen molar-refractivity contribution < 1.29 is 17.9 Å². The molecular weight excluding hydrogens is 268 g/mol. The monoisotopic (exact) mass is 286 g/mol. The summed E-state index contributed by atoms with van der Waals surface area (Å²) in [5.74, 6) is 0. The van der Waals surface area contributed by atoms with E-state index in [0.717, 1.165) is 9.87 Å². The molecule has 0 aromatic heterocycles. The molecule has 1 amide bonds. The van der Waals surface area contributed by atoms with Crippen LogP contribution in [0.2, 0.25) is 0 Å². The van der Waals surface area contributed by atoms with E-state index in [9.17, 15) is 13.2 Å². The number of sulfonamides is 1. The Hall–Kier alpha value is -1.60. The summed E-state index contributed by atoms with van der Waals surface area (Å²) in [4.78, 5) is 11.5. The fraction of sp³-hybridized carbons (Fsp3) is 0.417. The van der Waals surface area contributed by atoms with E-state index in [4.69, 9.17) is 4.74 Å². The molecule has 1 N–H and O–H groups in total. The lowest BCUT2D eigenvalue weighted by molar-refractivity contribution is 0.168. The van der Waals surface area contributed by atoms with Crippen molar-refractivity contribution in [3.63, 3.8) is 0 Å². The average Bonchev–Trinajstić information content (AvgIpc) is 2.31. The number of rotatable bonds is 4. The van der Waals surface area contributed by atoms with E-state index in [1.165, 1.54) is 26.2 Å². The number of hydrogen-bond acceptors (Lipinski definition) is 4. The molecule has 0 radical (unpaired) electrons. The number of carbonyl (C=O) groups excluding carboxylic acids is 1. The molecule has 1 aromatic carbocycles. The summed E-state index contributed by atoms with van der Waals surface area (Å²) in [6, 6.07) is 4.56. The number of carbonyl (C=O) groups is 1. The van der Waals surface area contributed by atoms with Crippen LogP contribution < -0.4 is 5.32 Å². The summed E-state index contributed by atoms with van der Waals surface area (Å²) in [6.07, 6.45) is -0.606. The van der Waals surface area contributed by atoms with Crippen LogP contribution in [0.4, 0.5) is 10.5 Å². The Kier molecular flexibility index (Phi) is 4.90. The minimum absolute atomic E-state index is 0.120. The first-order valence-corrected chi connectivity index (χ1v) is 7.20. The summed E-state index contributed by atoms with van der Waals surface area (Å²) in [5, 5.41) is 2.52. The summed E-state index contributed by atoms with van der Waals surface area (Å²) in [6.45, 7) is 3.72. The molecule has 0 aliphatic heterocycles. The van der Waals surface area contributed by atoms with Gasteiger partial charge in [0.1, 0.15) is 0 Å². The van der Waals surface area contributed by atoms with Gasteiger partial charge in [-0.2, -0.15) is 0 Å². The standard InChI is InChI=1S/C12H18N2O4S/c1-5-18-12(15)13-11-8-10(7-6-9(11)2)19(16,17)14(3)4/h6-8H,5H2,1-4H3,(H,13,15). The van der Waals surface area contributed by atoms with E-state index >= 15 is 0 Å². The van der Waals surface area contributed by atoms with Gasteiger partial charge < -0.3 is 4.74 Å². The highest BCUT2D eigenvalue weighted by Crippen LogP contribution is 2.22. The highest BCUT2D eigenvalue weighted by molar-refractivity contribution is 7.89. The highest BCUT2D eigenvalue weighted by atomic mass is 32.2. The van der Waals surface area contributed by atoms with Gasteiger partial charge in [-0.15, -0.1) is 0 Å². The Morgan fingerprint density at radius 1 is 1.37 bits per heavy atom. The van der Waals surface area contributed by atoms with Gasteiger partial charge in [0.2, 0.25) is 10.0 Å². The largest absolute Gasteiger partial charge is 0.450 e. The van der Waals surface area contributed by atoms with Gasteiger partial charge in [0.25, 0.3) is 0 Å². The molecule has 0 atom stereocenters. The first kappa shape index (κ1) is 15.5. The fourth-order valence-corrected chi connectivity index (χ4v) is 2.31. The second-order valence-corrected chi connectivity index (χ2v) is 6.26. The van der Waals surface area contributed by atoms with Crippen LogP contribution in [0.5, 0.6) is 0 Å². The van der Waals surface area contributed by atoms with Crippen LogP contribution in [0.25, 0.3) is 0 Å². The number of nitrogens with one attached hydrogen (secondary N) is 1. The van der Waals surface area contributed by atoms with E-state index in [1.54, 1.807) is 19.9 Å². The molecule has 1 rings (SSSR count). The zero-order chi connectivity index (χ0) is 14.6. The molecule has 19 heavy (non-hydrogen) atoms. The molecule has 1 aromatic rings. The first-order valence-electron chi connectivity index (χ1n) is 5.76.